The lowest BCUT2D eigenvalue weighted by atomic mass is 10.1. The Morgan fingerprint density at radius 2 is 1.90 bits per heavy atom. The van der Waals surface area contributed by atoms with Crippen molar-refractivity contribution in [2.45, 2.75) is 32.3 Å². The van der Waals surface area contributed by atoms with Crippen LogP contribution in [-0.2, 0) is 6.42 Å². The summed E-state index contributed by atoms with van der Waals surface area (Å²) in [4.78, 5) is 7.07. The molecular formula is C23H31N3O3. The first-order valence-corrected chi connectivity index (χ1v) is 10.3. The number of methoxy groups -OCH3 is 1. The molecule has 6 nitrogen and oxygen atoms in total. The zero-order valence-electron chi connectivity index (χ0n) is 17.3. The van der Waals surface area contributed by atoms with Gasteiger partial charge in [0.05, 0.1) is 7.11 Å². The second kappa shape index (κ2) is 10.6. The molecule has 0 amide bonds. The molecule has 1 aliphatic rings. The van der Waals surface area contributed by atoms with Crippen molar-refractivity contribution >= 4 is 5.96 Å². The Labute approximate surface area is 173 Å². The van der Waals surface area contributed by atoms with Crippen LogP contribution in [0.1, 0.15) is 25.3 Å². The Bertz CT molecular complexity index is 787. The molecule has 2 aromatic carbocycles. The van der Waals surface area contributed by atoms with Crippen LogP contribution in [0.5, 0.6) is 17.2 Å². The van der Waals surface area contributed by atoms with Gasteiger partial charge in [0.2, 0.25) is 0 Å². The first-order valence-electron chi connectivity index (χ1n) is 10.3. The third-order valence-electron chi connectivity index (χ3n) is 5.06. The van der Waals surface area contributed by atoms with Gasteiger partial charge >= 0.3 is 0 Å². The van der Waals surface area contributed by atoms with E-state index in [1.54, 1.807) is 13.2 Å². The normalized spacial score (nSPS) is 15.2. The van der Waals surface area contributed by atoms with Crippen molar-refractivity contribution in [3.05, 3.63) is 54.1 Å². The van der Waals surface area contributed by atoms with Crippen molar-refractivity contribution in [1.82, 2.24) is 10.2 Å². The molecule has 2 N–H and O–H groups in total. The highest BCUT2D eigenvalue weighted by Crippen LogP contribution is 2.24. The molecule has 2 aromatic rings. The molecule has 0 bridgehead atoms. The lowest BCUT2D eigenvalue weighted by molar-refractivity contribution is 0.129. The predicted octanol–water partition coefficient (Wildman–Crippen LogP) is 3.45. The number of nitrogens with zero attached hydrogens (tertiary/aromatic N) is 2. The van der Waals surface area contributed by atoms with Gasteiger partial charge in [-0.3, -0.25) is 4.99 Å². The van der Waals surface area contributed by atoms with Crippen molar-refractivity contribution in [2.75, 3.05) is 33.3 Å². The molecule has 0 aromatic heterocycles. The second-order valence-electron chi connectivity index (χ2n) is 7.10. The zero-order chi connectivity index (χ0) is 20.5. The Morgan fingerprint density at radius 3 is 2.55 bits per heavy atom. The van der Waals surface area contributed by atoms with Gasteiger partial charge in [-0.15, -0.1) is 0 Å². The van der Waals surface area contributed by atoms with Crippen molar-refractivity contribution < 1.29 is 14.6 Å². The summed E-state index contributed by atoms with van der Waals surface area (Å²) in [6.07, 6.45) is 2.86. The van der Waals surface area contributed by atoms with Crippen LogP contribution in [-0.4, -0.2) is 55.4 Å². The quantitative estimate of drug-likeness (QED) is 0.553. The van der Waals surface area contributed by atoms with Crippen molar-refractivity contribution in [3.63, 3.8) is 0 Å². The van der Waals surface area contributed by atoms with Gasteiger partial charge in [-0.25, -0.2) is 0 Å². The van der Waals surface area contributed by atoms with Crippen LogP contribution in [0.4, 0.5) is 0 Å². The van der Waals surface area contributed by atoms with Crippen LogP contribution in [0.25, 0.3) is 0 Å². The lowest BCUT2D eigenvalue weighted by Gasteiger charge is -2.34. The molecule has 0 spiro atoms. The minimum atomic E-state index is 0.243. The fourth-order valence-corrected chi connectivity index (χ4v) is 3.47. The van der Waals surface area contributed by atoms with Gasteiger partial charge in [-0.05, 0) is 37.1 Å². The van der Waals surface area contributed by atoms with Crippen LogP contribution in [0.2, 0.25) is 0 Å². The predicted molar refractivity (Wildman–Crippen MR) is 116 cm³/mol. The SMILES string of the molecule is CCNC(=NCCc1ccc(OC)cc1O)N1CCC(Oc2ccccc2)CC1. The highest BCUT2D eigenvalue weighted by molar-refractivity contribution is 5.80. The number of para-hydroxylation sites is 1. The number of likely N-dealkylation sites (tertiary alicyclic amines) is 1. The molecule has 0 unspecified atom stereocenters. The fourth-order valence-electron chi connectivity index (χ4n) is 3.47. The maximum Gasteiger partial charge on any atom is 0.193 e. The maximum absolute atomic E-state index is 10.1. The van der Waals surface area contributed by atoms with E-state index in [2.05, 4.69) is 17.1 Å². The minimum Gasteiger partial charge on any atom is -0.508 e. The van der Waals surface area contributed by atoms with Gasteiger partial charge in [0.1, 0.15) is 23.4 Å². The van der Waals surface area contributed by atoms with Gasteiger partial charge in [0.25, 0.3) is 0 Å². The van der Waals surface area contributed by atoms with E-state index in [9.17, 15) is 5.11 Å². The van der Waals surface area contributed by atoms with E-state index in [1.807, 2.05) is 42.5 Å². The number of phenolic OH excluding ortho intramolecular Hbond substituents is 1. The molecule has 1 saturated heterocycles. The first kappa shape index (κ1) is 20.8. The summed E-state index contributed by atoms with van der Waals surface area (Å²) in [6.45, 7) is 5.35. The molecule has 6 heteroatoms. The molecule has 0 radical (unpaired) electrons. The van der Waals surface area contributed by atoms with E-state index in [0.717, 1.165) is 49.7 Å². The number of ether oxygens (including phenoxy) is 2. The summed E-state index contributed by atoms with van der Waals surface area (Å²) in [5.74, 6) is 2.77. The number of aliphatic imine (C=N–C) groups is 1. The minimum absolute atomic E-state index is 0.243. The van der Waals surface area contributed by atoms with Crippen LogP contribution in [0.3, 0.4) is 0 Å². The van der Waals surface area contributed by atoms with Gasteiger partial charge in [-0.2, -0.15) is 0 Å². The van der Waals surface area contributed by atoms with Gasteiger partial charge in [0.15, 0.2) is 5.96 Å². The average Bonchev–Trinajstić information content (AvgIpc) is 2.75. The monoisotopic (exact) mass is 397 g/mol. The first-order chi connectivity index (χ1) is 14.2. The van der Waals surface area contributed by atoms with E-state index in [4.69, 9.17) is 14.5 Å². The Morgan fingerprint density at radius 1 is 1.14 bits per heavy atom. The van der Waals surface area contributed by atoms with E-state index < -0.39 is 0 Å². The Balaban J connectivity index is 1.53. The summed E-state index contributed by atoms with van der Waals surface area (Å²) < 4.78 is 11.2. The summed E-state index contributed by atoms with van der Waals surface area (Å²) in [7, 11) is 1.59. The number of benzene rings is 2. The smallest absolute Gasteiger partial charge is 0.193 e. The van der Waals surface area contributed by atoms with Crippen LogP contribution >= 0.6 is 0 Å². The third-order valence-corrected chi connectivity index (χ3v) is 5.06. The number of aromatic hydroxyl groups is 1. The molecule has 3 rings (SSSR count). The second-order valence-corrected chi connectivity index (χ2v) is 7.10. The van der Waals surface area contributed by atoms with E-state index in [0.29, 0.717) is 18.7 Å². The van der Waals surface area contributed by atoms with Crippen LogP contribution < -0.4 is 14.8 Å². The average molecular weight is 398 g/mol. The van der Waals surface area contributed by atoms with E-state index in [-0.39, 0.29) is 11.9 Å². The summed E-state index contributed by atoms with van der Waals surface area (Å²) in [5, 5.41) is 13.5. The van der Waals surface area contributed by atoms with Gasteiger partial charge < -0.3 is 24.8 Å². The summed E-state index contributed by atoms with van der Waals surface area (Å²) in [6, 6.07) is 15.4. The number of hydrogen-bond donors (Lipinski definition) is 2. The number of nitrogens with one attached hydrogen (secondary N) is 1. The summed E-state index contributed by atoms with van der Waals surface area (Å²) in [5.41, 5.74) is 0.875. The molecule has 0 saturated carbocycles. The van der Waals surface area contributed by atoms with Crippen LogP contribution in [0, 0.1) is 0 Å². The molecule has 1 heterocycles. The van der Waals surface area contributed by atoms with Gasteiger partial charge in [-0.1, -0.05) is 24.3 Å². The zero-order valence-corrected chi connectivity index (χ0v) is 17.3. The fraction of sp³-hybridized carbons (Fsp3) is 0.435. The summed E-state index contributed by atoms with van der Waals surface area (Å²) >= 11 is 0. The van der Waals surface area contributed by atoms with Crippen molar-refractivity contribution in [2.24, 2.45) is 4.99 Å². The maximum atomic E-state index is 10.1. The van der Waals surface area contributed by atoms with Crippen molar-refractivity contribution in [1.29, 1.82) is 0 Å². The number of phenols is 1. The topological polar surface area (TPSA) is 66.3 Å². The van der Waals surface area contributed by atoms with E-state index >= 15 is 0 Å². The lowest BCUT2D eigenvalue weighted by Crippen LogP contribution is -2.47. The molecule has 29 heavy (non-hydrogen) atoms. The molecule has 156 valence electrons. The largest absolute Gasteiger partial charge is 0.508 e. The van der Waals surface area contributed by atoms with Gasteiger partial charge in [0, 0.05) is 45.1 Å². The standard InChI is InChI=1S/C23H31N3O3/c1-3-24-23(25-14-11-18-9-10-21(28-2)17-22(18)27)26-15-12-20(13-16-26)29-19-7-5-4-6-8-19/h4-10,17,20,27H,3,11-16H2,1-2H3,(H,24,25). The number of rotatable bonds is 7. The molecule has 1 fully saturated rings. The van der Waals surface area contributed by atoms with E-state index in [1.165, 1.54) is 0 Å². The number of hydrogen-bond acceptors (Lipinski definition) is 4. The highest BCUT2D eigenvalue weighted by atomic mass is 16.5. The van der Waals surface area contributed by atoms with Crippen molar-refractivity contribution in [3.8, 4) is 17.2 Å². The third kappa shape index (κ3) is 6.04. The van der Waals surface area contributed by atoms with Crippen LogP contribution in [0.15, 0.2) is 53.5 Å². The molecular weight excluding hydrogens is 366 g/mol. The number of piperidine rings is 1. The Kier molecular flexibility index (Phi) is 7.61. The Hall–Kier alpha value is -2.89. The molecule has 1 aliphatic heterocycles. The molecule has 0 aliphatic carbocycles. The number of guanidine groups is 1. The molecule has 0 atom stereocenters. The highest BCUT2D eigenvalue weighted by Gasteiger charge is 2.22.